The maximum absolute atomic E-state index is 13.4. The summed E-state index contributed by atoms with van der Waals surface area (Å²) in [4.78, 5) is 13.8. The Balaban J connectivity index is 2.40. The van der Waals surface area contributed by atoms with Crippen LogP contribution in [0.15, 0.2) is 42.5 Å². The third-order valence-corrected chi connectivity index (χ3v) is 3.03. The van der Waals surface area contributed by atoms with E-state index in [1.54, 1.807) is 31.3 Å². The number of carbonyl (C=O) groups excluding carboxylic acids is 1. The molecule has 0 aliphatic heterocycles. The lowest BCUT2D eigenvalue weighted by molar-refractivity contribution is 0.0993. The van der Waals surface area contributed by atoms with Gasteiger partial charge in [-0.15, -0.1) is 0 Å². The molecule has 0 aliphatic carbocycles. The predicted molar refractivity (Wildman–Crippen MR) is 76.5 cm³/mol. The molecule has 1 amide bonds. The van der Waals surface area contributed by atoms with Crippen molar-refractivity contribution in [1.29, 1.82) is 0 Å². The molecule has 0 fully saturated rings. The van der Waals surface area contributed by atoms with E-state index < -0.39 is 11.7 Å². The van der Waals surface area contributed by atoms with Crippen molar-refractivity contribution in [2.75, 3.05) is 24.8 Å². The third kappa shape index (κ3) is 2.42. The van der Waals surface area contributed by atoms with E-state index >= 15 is 0 Å². The van der Waals surface area contributed by atoms with Gasteiger partial charge in [0.2, 0.25) is 0 Å². The molecule has 0 radical (unpaired) electrons. The highest BCUT2D eigenvalue weighted by Gasteiger charge is 2.20. The quantitative estimate of drug-likeness (QED) is 0.875. The Kier molecular flexibility index (Phi) is 3.89. The largest absolute Gasteiger partial charge is 0.495 e. The molecule has 2 rings (SSSR count). The second-order valence-corrected chi connectivity index (χ2v) is 4.24. The predicted octanol–water partition coefficient (Wildman–Crippen LogP) is 2.69. The number of ether oxygens (including phenoxy) is 1. The number of hydrogen-bond acceptors (Lipinski definition) is 3. The highest BCUT2D eigenvalue weighted by molar-refractivity contribution is 6.09. The number of carbonyl (C=O) groups is 1. The van der Waals surface area contributed by atoms with Crippen LogP contribution in [-0.4, -0.2) is 20.1 Å². The van der Waals surface area contributed by atoms with Crippen molar-refractivity contribution >= 4 is 17.3 Å². The van der Waals surface area contributed by atoms with Crippen LogP contribution in [-0.2, 0) is 0 Å². The van der Waals surface area contributed by atoms with E-state index in [1.807, 2.05) is 0 Å². The van der Waals surface area contributed by atoms with Crippen LogP contribution in [0.4, 0.5) is 15.8 Å². The second kappa shape index (κ2) is 5.61. The lowest BCUT2D eigenvalue weighted by Gasteiger charge is -2.20. The van der Waals surface area contributed by atoms with Gasteiger partial charge in [-0.3, -0.25) is 4.79 Å². The van der Waals surface area contributed by atoms with Gasteiger partial charge in [0, 0.05) is 7.05 Å². The second-order valence-electron chi connectivity index (χ2n) is 4.24. The first-order valence-electron chi connectivity index (χ1n) is 6.01. The van der Waals surface area contributed by atoms with Crippen LogP contribution in [0.25, 0.3) is 0 Å². The maximum atomic E-state index is 13.4. The molecule has 4 nitrogen and oxygen atoms in total. The molecule has 0 saturated heterocycles. The van der Waals surface area contributed by atoms with Crippen LogP contribution >= 0.6 is 0 Å². The molecular weight excluding hydrogens is 259 g/mol. The minimum absolute atomic E-state index is 0.124. The third-order valence-electron chi connectivity index (χ3n) is 3.03. The van der Waals surface area contributed by atoms with Crippen molar-refractivity contribution in [1.82, 2.24) is 0 Å². The molecule has 0 bridgehead atoms. The number of hydrogen-bond donors (Lipinski definition) is 1. The molecule has 0 atom stereocenters. The number of benzene rings is 2. The van der Waals surface area contributed by atoms with Crippen LogP contribution < -0.4 is 15.4 Å². The smallest absolute Gasteiger partial charge is 0.260 e. The van der Waals surface area contributed by atoms with Crippen LogP contribution in [0.2, 0.25) is 0 Å². The fraction of sp³-hybridized carbons (Fsp3) is 0.133. The Bertz CT molecular complexity index is 644. The molecule has 0 unspecified atom stereocenters. The van der Waals surface area contributed by atoms with E-state index in [2.05, 4.69) is 0 Å². The molecule has 20 heavy (non-hydrogen) atoms. The molecule has 5 heteroatoms. The number of nitrogens with two attached hydrogens (primary N) is 1. The van der Waals surface area contributed by atoms with Gasteiger partial charge in [0.05, 0.1) is 24.0 Å². The van der Waals surface area contributed by atoms with Crippen molar-refractivity contribution < 1.29 is 13.9 Å². The lowest BCUT2D eigenvalue weighted by atomic mass is 10.1. The molecule has 2 aromatic carbocycles. The molecule has 0 aromatic heterocycles. The molecule has 0 saturated carbocycles. The van der Waals surface area contributed by atoms with E-state index in [0.29, 0.717) is 11.4 Å². The van der Waals surface area contributed by atoms with Crippen molar-refractivity contribution in [3.63, 3.8) is 0 Å². The highest BCUT2D eigenvalue weighted by Crippen LogP contribution is 2.28. The first kappa shape index (κ1) is 13.9. The summed E-state index contributed by atoms with van der Waals surface area (Å²) in [5.41, 5.74) is 6.17. The first-order valence-corrected chi connectivity index (χ1v) is 6.01. The van der Waals surface area contributed by atoms with E-state index in [0.717, 1.165) is 0 Å². The number of amides is 1. The molecule has 0 spiro atoms. The lowest BCUT2D eigenvalue weighted by Crippen LogP contribution is -2.27. The van der Waals surface area contributed by atoms with Crippen LogP contribution in [0.5, 0.6) is 5.75 Å². The van der Waals surface area contributed by atoms with Gasteiger partial charge < -0.3 is 15.4 Å². The number of rotatable bonds is 3. The van der Waals surface area contributed by atoms with Crippen molar-refractivity contribution in [2.24, 2.45) is 0 Å². The zero-order chi connectivity index (χ0) is 14.7. The summed E-state index contributed by atoms with van der Waals surface area (Å²) in [6.07, 6.45) is 0. The van der Waals surface area contributed by atoms with E-state index in [-0.39, 0.29) is 11.3 Å². The molecule has 104 valence electrons. The van der Waals surface area contributed by atoms with Crippen molar-refractivity contribution in [2.45, 2.75) is 0 Å². The van der Waals surface area contributed by atoms with Gasteiger partial charge in [0.15, 0.2) is 0 Å². The van der Waals surface area contributed by atoms with Gasteiger partial charge in [-0.2, -0.15) is 0 Å². The summed E-state index contributed by atoms with van der Waals surface area (Å²) in [6, 6.07) is 11.2. The summed E-state index contributed by atoms with van der Waals surface area (Å²) >= 11 is 0. The van der Waals surface area contributed by atoms with Gasteiger partial charge in [-0.25, -0.2) is 4.39 Å². The van der Waals surface area contributed by atoms with Gasteiger partial charge in [-0.1, -0.05) is 18.2 Å². The summed E-state index contributed by atoms with van der Waals surface area (Å²) in [7, 11) is 3.11. The Morgan fingerprint density at radius 1 is 1.20 bits per heavy atom. The van der Waals surface area contributed by atoms with E-state index in [4.69, 9.17) is 10.5 Å². The van der Waals surface area contributed by atoms with Gasteiger partial charge in [0.1, 0.15) is 11.6 Å². The summed E-state index contributed by atoms with van der Waals surface area (Å²) < 4.78 is 18.6. The monoisotopic (exact) mass is 274 g/mol. The van der Waals surface area contributed by atoms with E-state index in [9.17, 15) is 9.18 Å². The minimum atomic E-state index is -0.607. The van der Waals surface area contributed by atoms with Crippen molar-refractivity contribution in [3.8, 4) is 5.75 Å². The molecule has 2 aromatic rings. The average Bonchev–Trinajstić information content (AvgIpc) is 2.48. The SMILES string of the molecule is COc1ccccc1N(C)C(=O)c1cccc(F)c1N. The molecule has 2 N–H and O–H groups in total. The summed E-state index contributed by atoms with van der Waals surface area (Å²) in [5, 5.41) is 0. The Morgan fingerprint density at radius 2 is 1.90 bits per heavy atom. The van der Waals surface area contributed by atoms with Crippen molar-refractivity contribution in [3.05, 3.63) is 53.8 Å². The van der Waals surface area contributed by atoms with Gasteiger partial charge >= 0.3 is 0 Å². The first-order chi connectivity index (χ1) is 9.56. The maximum Gasteiger partial charge on any atom is 0.260 e. The van der Waals surface area contributed by atoms with E-state index in [1.165, 1.54) is 30.2 Å². The zero-order valence-electron chi connectivity index (χ0n) is 11.3. The van der Waals surface area contributed by atoms with Gasteiger partial charge in [-0.05, 0) is 24.3 Å². The standard InChI is InChI=1S/C15H15FN2O2/c1-18(12-8-3-4-9-13(12)20-2)15(19)10-6-5-7-11(16)14(10)17/h3-9H,17H2,1-2H3. The average molecular weight is 274 g/mol. The van der Waals surface area contributed by atoms with Crippen LogP contribution in [0, 0.1) is 5.82 Å². The summed E-state index contributed by atoms with van der Waals surface area (Å²) in [5.74, 6) is -0.450. The highest BCUT2D eigenvalue weighted by atomic mass is 19.1. The molecule has 0 heterocycles. The Hall–Kier alpha value is -2.56. The van der Waals surface area contributed by atoms with Crippen LogP contribution in [0.1, 0.15) is 10.4 Å². The number of methoxy groups -OCH3 is 1. The van der Waals surface area contributed by atoms with Gasteiger partial charge in [0.25, 0.3) is 5.91 Å². The fourth-order valence-electron chi connectivity index (χ4n) is 1.92. The number of halogens is 1. The molecular formula is C15H15FN2O2. The number of para-hydroxylation sites is 3. The normalized spacial score (nSPS) is 10.2. The fourth-order valence-corrected chi connectivity index (χ4v) is 1.92. The molecule has 0 aliphatic rings. The number of anilines is 2. The number of nitrogens with zero attached hydrogens (tertiary/aromatic N) is 1. The Morgan fingerprint density at radius 3 is 2.60 bits per heavy atom. The topological polar surface area (TPSA) is 55.6 Å². The zero-order valence-corrected chi connectivity index (χ0v) is 11.3. The van der Waals surface area contributed by atoms with Crippen LogP contribution in [0.3, 0.4) is 0 Å². The Labute approximate surface area is 116 Å². The minimum Gasteiger partial charge on any atom is -0.495 e. The number of nitrogen functional groups attached to an aromatic ring is 1. The summed E-state index contributed by atoms with van der Waals surface area (Å²) in [6.45, 7) is 0.